The second-order valence-corrected chi connectivity index (χ2v) is 0.577. The zero-order valence-electron chi connectivity index (χ0n) is 4.32. The normalized spacial score (nSPS) is 5.50. The molecule has 0 aliphatic rings. The fourth-order valence-corrected chi connectivity index (χ4v) is 0.102. The molecular weight excluding hydrogens is 71.0 g/mol. The van der Waals surface area contributed by atoms with Crippen molar-refractivity contribution in [2.24, 2.45) is 0 Å². The summed E-state index contributed by atoms with van der Waals surface area (Å²) < 4.78 is 4.47. The molecule has 0 heterocycles. The summed E-state index contributed by atoms with van der Waals surface area (Å²) in [7, 11) is 0. The van der Waals surface area contributed by atoms with E-state index in [0.717, 1.165) is 0 Å². The zero-order valence-corrected chi connectivity index (χ0v) is 4.32. The van der Waals surface area contributed by atoms with Crippen LogP contribution in [-0.2, 0) is 4.74 Å². The molecule has 6 heavy (non-hydrogen) atoms. The van der Waals surface area contributed by atoms with Gasteiger partial charge in [-0.2, -0.15) is 0 Å². The van der Waals surface area contributed by atoms with Gasteiger partial charge in [0.15, 0.2) is 0 Å². The molecule has 0 bridgehead atoms. The predicted molar refractivity (Wildman–Crippen MR) is 20.5 cm³/mol. The molecule has 30 valence electrons. The molecule has 0 aliphatic carbocycles. The molecule has 0 aromatic rings. The fourth-order valence-electron chi connectivity index (χ4n) is 0.102. The van der Waals surface area contributed by atoms with Crippen LogP contribution in [0.3, 0.4) is 0 Å². The van der Waals surface area contributed by atoms with Gasteiger partial charge in [-0.3, -0.25) is 0 Å². The van der Waals surface area contributed by atoms with Crippen LogP contribution in [0.5, 0.6) is 0 Å². The molecule has 0 saturated heterocycles. The minimum Gasteiger partial charge on any atom is -0.694 e. The van der Waals surface area contributed by atoms with Crippen molar-refractivity contribution in [3.63, 3.8) is 0 Å². The third kappa shape index (κ3) is 8.91. The van der Waals surface area contributed by atoms with Crippen molar-refractivity contribution in [2.45, 2.75) is 6.92 Å². The van der Waals surface area contributed by atoms with Crippen molar-refractivity contribution in [3.8, 4) is 0 Å². The molecule has 0 spiro atoms. The molecule has 0 aromatic carbocycles. The molecule has 0 aliphatic heterocycles. The van der Waals surface area contributed by atoms with Crippen LogP contribution in [0.2, 0.25) is 0 Å². The van der Waals surface area contributed by atoms with Crippen LogP contribution >= 0.6 is 0 Å². The Bertz CT molecular complexity index is 28.7. The van der Waals surface area contributed by atoms with Gasteiger partial charge in [-0.05, 0) is 6.92 Å². The molecular formula is C4H7LiO. The molecule has 0 saturated carbocycles. The molecule has 0 N–H and O–H groups in total. The van der Waals surface area contributed by atoms with Gasteiger partial charge < -0.3 is 11.0 Å². The number of ether oxygens (including phenoxy) is 1. The first-order chi connectivity index (χ1) is 2.41. The van der Waals surface area contributed by atoms with Crippen molar-refractivity contribution in [2.75, 3.05) is 6.61 Å². The van der Waals surface area contributed by atoms with E-state index >= 15 is 0 Å². The smallest absolute Gasteiger partial charge is 0.694 e. The van der Waals surface area contributed by atoms with Gasteiger partial charge in [0.2, 0.25) is 0 Å². The summed E-state index contributed by atoms with van der Waals surface area (Å²) in [4.78, 5) is 0. The Morgan fingerprint density at radius 2 is 2.33 bits per heavy atom. The quantitative estimate of drug-likeness (QED) is 0.210. The average molecular weight is 78.0 g/mol. The van der Waals surface area contributed by atoms with Gasteiger partial charge in [0.1, 0.15) is 0 Å². The van der Waals surface area contributed by atoms with Crippen molar-refractivity contribution in [3.05, 3.63) is 12.8 Å². The second kappa shape index (κ2) is 8.93. The van der Waals surface area contributed by atoms with Crippen LogP contribution in [0.4, 0.5) is 0 Å². The molecule has 0 aromatic heterocycles. The van der Waals surface area contributed by atoms with Crippen molar-refractivity contribution in [1.29, 1.82) is 0 Å². The van der Waals surface area contributed by atoms with Crippen LogP contribution in [0.15, 0.2) is 6.58 Å². The van der Waals surface area contributed by atoms with Gasteiger partial charge in [0, 0.05) is 6.61 Å². The van der Waals surface area contributed by atoms with Gasteiger partial charge in [-0.15, -0.1) is 0 Å². The van der Waals surface area contributed by atoms with E-state index in [0.29, 0.717) is 6.61 Å². The molecule has 0 radical (unpaired) electrons. The molecule has 0 unspecified atom stereocenters. The van der Waals surface area contributed by atoms with Gasteiger partial charge >= 0.3 is 18.9 Å². The molecule has 0 amide bonds. The van der Waals surface area contributed by atoms with Gasteiger partial charge in [-0.1, -0.05) is 0 Å². The van der Waals surface area contributed by atoms with E-state index in [-0.39, 0.29) is 18.9 Å². The van der Waals surface area contributed by atoms with Crippen LogP contribution < -0.4 is 18.9 Å². The summed E-state index contributed by atoms with van der Waals surface area (Å²) in [5.74, 6) is 0. The Morgan fingerprint density at radius 1 is 1.83 bits per heavy atom. The zero-order chi connectivity index (χ0) is 4.12. The Labute approximate surface area is 50.6 Å². The number of hydrogen-bond acceptors (Lipinski definition) is 1. The topological polar surface area (TPSA) is 9.23 Å². The molecule has 2 heteroatoms. The molecule has 0 rings (SSSR count). The molecule has 0 fully saturated rings. The third-order valence-electron chi connectivity index (χ3n) is 0.246. The maximum atomic E-state index is 4.47. The Hall–Kier alpha value is 0.137. The maximum Gasteiger partial charge on any atom is 1.00 e. The summed E-state index contributed by atoms with van der Waals surface area (Å²) in [6.07, 6.45) is 2.27. The van der Waals surface area contributed by atoms with E-state index in [1.165, 1.54) is 0 Å². The number of hydrogen-bond donors (Lipinski definition) is 0. The van der Waals surface area contributed by atoms with E-state index < -0.39 is 0 Å². The Kier molecular flexibility index (Phi) is 14.1. The summed E-state index contributed by atoms with van der Waals surface area (Å²) in [6.45, 7) is 5.76. The molecule has 1 nitrogen and oxygen atoms in total. The maximum absolute atomic E-state index is 4.47. The van der Waals surface area contributed by atoms with E-state index in [9.17, 15) is 0 Å². The van der Waals surface area contributed by atoms with Crippen LogP contribution in [0.1, 0.15) is 6.92 Å². The standard InChI is InChI=1S/C4H7O.Li/c1-3-5-4-2;/h1,4H2,2H3;/q-1;+1. The monoisotopic (exact) mass is 78.1 g/mol. The van der Waals surface area contributed by atoms with Gasteiger partial charge in [-0.25, -0.2) is 6.58 Å². The minimum atomic E-state index is 0. The minimum absolute atomic E-state index is 0. The third-order valence-corrected chi connectivity index (χ3v) is 0.246. The summed E-state index contributed by atoms with van der Waals surface area (Å²) in [6, 6.07) is 0. The Balaban J connectivity index is 0. The van der Waals surface area contributed by atoms with Crippen molar-refractivity contribution < 1.29 is 23.6 Å². The van der Waals surface area contributed by atoms with Crippen LogP contribution in [0, 0.1) is 6.26 Å². The SMILES string of the molecule is C=[C-]OCC.[Li+]. The summed E-state index contributed by atoms with van der Waals surface area (Å²) in [5, 5.41) is 0. The van der Waals surface area contributed by atoms with Gasteiger partial charge in [0.05, 0.1) is 0 Å². The average Bonchev–Trinajstić information content (AvgIpc) is 1.41. The van der Waals surface area contributed by atoms with Crippen LogP contribution in [0.25, 0.3) is 0 Å². The van der Waals surface area contributed by atoms with E-state index in [1.54, 1.807) is 0 Å². The van der Waals surface area contributed by atoms with Crippen molar-refractivity contribution in [1.82, 2.24) is 0 Å². The van der Waals surface area contributed by atoms with Gasteiger partial charge in [0.25, 0.3) is 0 Å². The van der Waals surface area contributed by atoms with E-state index in [2.05, 4.69) is 17.6 Å². The first kappa shape index (κ1) is 9.46. The number of rotatable bonds is 2. The largest absolute Gasteiger partial charge is 1.00 e. The summed E-state index contributed by atoms with van der Waals surface area (Å²) >= 11 is 0. The first-order valence-corrected chi connectivity index (χ1v) is 1.55. The van der Waals surface area contributed by atoms with E-state index in [1.807, 2.05) is 6.92 Å². The molecule has 0 atom stereocenters. The fraction of sp³-hybridized carbons (Fsp3) is 0.500. The first-order valence-electron chi connectivity index (χ1n) is 1.55. The van der Waals surface area contributed by atoms with Crippen LogP contribution in [-0.4, -0.2) is 6.61 Å². The summed E-state index contributed by atoms with van der Waals surface area (Å²) in [5.41, 5.74) is 0. The predicted octanol–water partition coefficient (Wildman–Crippen LogP) is -2.03. The Morgan fingerprint density at radius 3 is 2.33 bits per heavy atom. The van der Waals surface area contributed by atoms with Crippen molar-refractivity contribution >= 4 is 0 Å². The second-order valence-electron chi connectivity index (χ2n) is 0.577. The van der Waals surface area contributed by atoms with E-state index in [4.69, 9.17) is 0 Å².